The number of phenols is 1. The number of phenolic OH excluding ortho intramolecular Hbond substituents is 1. The van der Waals surface area contributed by atoms with Gasteiger partial charge >= 0.3 is 0 Å². The van der Waals surface area contributed by atoms with Crippen molar-refractivity contribution in [2.75, 3.05) is 5.32 Å². The summed E-state index contributed by atoms with van der Waals surface area (Å²) < 4.78 is 0. The third kappa shape index (κ3) is 3.61. The molecule has 2 aromatic carbocycles. The van der Waals surface area contributed by atoms with Crippen LogP contribution in [-0.4, -0.2) is 15.9 Å². The highest BCUT2D eigenvalue weighted by Crippen LogP contribution is 2.39. The number of amides is 1. The predicted octanol–water partition coefficient (Wildman–Crippen LogP) is 5.17. The number of carbonyl (C=O) groups is 1. The topological polar surface area (TPSA) is 92.5 Å². The summed E-state index contributed by atoms with van der Waals surface area (Å²) in [5, 5.41) is 22.5. The first kappa shape index (κ1) is 17.6. The maximum absolute atomic E-state index is 12.2. The van der Waals surface area contributed by atoms with Crippen LogP contribution in [-0.2, 0) is 0 Å². The molecule has 0 spiro atoms. The second-order valence-corrected chi connectivity index (χ2v) is 5.83. The first-order valence-electron chi connectivity index (χ1n) is 5.84. The van der Waals surface area contributed by atoms with Crippen molar-refractivity contribution >= 4 is 63.7 Å². The minimum atomic E-state index is -0.765. The Kier molecular flexibility index (Phi) is 5.21. The van der Waals surface area contributed by atoms with Crippen molar-refractivity contribution in [1.82, 2.24) is 0 Å². The second kappa shape index (κ2) is 6.80. The van der Waals surface area contributed by atoms with E-state index in [9.17, 15) is 20.0 Å². The standard InChI is InChI=1S/C13H6Cl4N2O4/c14-7-3-5(19(22)23)1-2-9(7)18-13(21)6-4-8(15)10(16)11(17)12(6)20/h1-4,20H,(H,18,21). The van der Waals surface area contributed by atoms with Gasteiger partial charge in [-0.05, 0) is 12.1 Å². The van der Waals surface area contributed by atoms with Gasteiger partial charge in [0.05, 0.1) is 31.2 Å². The van der Waals surface area contributed by atoms with Crippen molar-refractivity contribution in [2.45, 2.75) is 0 Å². The van der Waals surface area contributed by atoms with Crippen molar-refractivity contribution in [1.29, 1.82) is 0 Å². The van der Waals surface area contributed by atoms with Crippen molar-refractivity contribution < 1.29 is 14.8 Å². The molecule has 0 aromatic heterocycles. The third-order valence-corrected chi connectivity index (χ3v) is 4.36. The number of nitrogens with one attached hydrogen (secondary N) is 1. The van der Waals surface area contributed by atoms with Crippen LogP contribution in [0.15, 0.2) is 24.3 Å². The molecule has 1 amide bonds. The summed E-state index contributed by atoms with van der Waals surface area (Å²) in [6.45, 7) is 0. The summed E-state index contributed by atoms with van der Waals surface area (Å²) >= 11 is 23.2. The normalized spacial score (nSPS) is 10.4. The van der Waals surface area contributed by atoms with E-state index in [2.05, 4.69) is 5.32 Å². The zero-order valence-corrected chi connectivity index (χ0v) is 14.0. The number of nitro benzene ring substituents is 1. The summed E-state index contributed by atoms with van der Waals surface area (Å²) in [7, 11) is 0. The van der Waals surface area contributed by atoms with Crippen LogP contribution in [0, 0.1) is 10.1 Å². The molecule has 0 atom stereocenters. The van der Waals surface area contributed by atoms with E-state index in [-0.39, 0.29) is 37.0 Å². The maximum atomic E-state index is 12.2. The van der Waals surface area contributed by atoms with Crippen molar-refractivity contribution in [3.05, 3.63) is 60.0 Å². The van der Waals surface area contributed by atoms with E-state index in [1.165, 1.54) is 12.1 Å². The molecule has 2 N–H and O–H groups in total. The number of carbonyl (C=O) groups excluding carboxylic acids is 1. The number of benzene rings is 2. The molecule has 0 fully saturated rings. The van der Waals surface area contributed by atoms with Gasteiger partial charge in [0, 0.05) is 12.1 Å². The number of anilines is 1. The van der Waals surface area contributed by atoms with Gasteiger partial charge in [0.1, 0.15) is 10.8 Å². The molecule has 2 aromatic rings. The average molecular weight is 396 g/mol. The number of halogens is 4. The monoisotopic (exact) mass is 394 g/mol. The molecule has 0 aliphatic carbocycles. The summed E-state index contributed by atoms with van der Waals surface area (Å²) in [6, 6.07) is 4.65. The van der Waals surface area contributed by atoms with E-state index in [4.69, 9.17) is 46.4 Å². The molecular weight excluding hydrogens is 390 g/mol. The molecule has 0 aliphatic rings. The molecule has 0 saturated heterocycles. The largest absolute Gasteiger partial charge is 0.505 e. The van der Waals surface area contributed by atoms with Crippen LogP contribution in [0.2, 0.25) is 20.1 Å². The van der Waals surface area contributed by atoms with Crippen LogP contribution in [0.1, 0.15) is 10.4 Å². The minimum absolute atomic E-state index is 0.0191. The van der Waals surface area contributed by atoms with Crippen LogP contribution in [0.4, 0.5) is 11.4 Å². The van der Waals surface area contributed by atoms with E-state index in [0.717, 1.165) is 12.1 Å². The highest BCUT2D eigenvalue weighted by Gasteiger charge is 2.20. The van der Waals surface area contributed by atoms with Crippen LogP contribution in [0.25, 0.3) is 0 Å². The molecule has 23 heavy (non-hydrogen) atoms. The van der Waals surface area contributed by atoms with Gasteiger partial charge in [0.25, 0.3) is 11.6 Å². The van der Waals surface area contributed by atoms with Gasteiger partial charge in [0.15, 0.2) is 0 Å². The summed E-state index contributed by atoms with van der Waals surface area (Å²) in [5.74, 6) is -1.31. The first-order valence-corrected chi connectivity index (χ1v) is 7.35. The summed E-state index contributed by atoms with van der Waals surface area (Å²) in [4.78, 5) is 22.2. The van der Waals surface area contributed by atoms with Gasteiger partial charge < -0.3 is 10.4 Å². The smallest absolute Gasteiger partial charge is 0.271 e. The van der Waals surface area contributed by atoms with E-state index >= 15 is 0 Å². The van der Waals surface area contributed by atoms with E-state index in [1.807, 2.05) is 0 Å². The Balaban J connectivity index is 2.35. The molecule has 0 aliphatic heterocycles. The second-order valence-electron chi connectivity index (χ2n) is 4.26. The number of nitro groups is 1. The molecule has 2 rings (SSSR count). The molecule has 0 bridgehead atoms. The van der Waals surface area contributed by atoms with Crippen LogP contribution < -0.4 is 5.32 Å². The van der Waals surface area contributed by atoms with Gasteiger partial charge in [-0.3, -0.25) is 14.9 Å². The van der Waals surface area contributed by atoms with Crippen molar-refractivity contribution in [2.24, 2.45) is 0 Å². The van der Waals surface area contributed by atoms with Gasteiger partial charge in [-0.2, -0.15) is 0 Å². The Morgan fingerprint density at radius 1 is 1.09 bits per heavy atom. The Labute approximate surface area is 149 Å². The SMILES string of the molecule is O=C(Nc1ccc([N+](=O)[O-])cc1Cl)c1cc(Cl)c(Cl)c(Cl)c1O. The quantitative estimate of drug-likeness (QED) is 0.426. The van der Waals surface area contributed by atoms with E-state index in [1.54, 1.807) is 0 Å². The first-order chi connectivity index (χ1) is 10.7. The molecule has 10 heteroatoms. The lowest BCUT2D eigenvalue weighted by Crippen LogP contribution is -2.13. The number of aromatic hydroxyl groups is 1. The molecule has 6 nitrogen and oxygen atoms in total. The number of hydrogen-bond acceptors (Lipinski definition) is 4. The van der Waals surface area contributed by atoms with Crippen LogP contribution in [0.3, 0.4) is 0 Å². The molecule has 0 heterocycles. The van der Waals surface area contributed by atoms with E-state index < -0.39 is 16.6 Å². The van der Waals surface area contributed by atoms with E-state index in [0.29, 0.717) is 0 Å². The average Bonchev–Trinajstić information content (AvgIpc) is 2.50. The zero-order valence-electron chi connectivity index (χ0n) is 10.9. The Morgan fingerprint density at radius 3 is 2.30 bits per heavy atom. The Hall–Kier alpha value is -1.73. The summed E-state index contributed by atoms with van der Waals surface area (Å²) in [5.41, 5.74) is -0.337. The summed E-state index contributed by atoms with van der Waals surface area (Å²) in [6.07, 6.45) is 0. The third-order valence-electron chi connectivity index (χ3n) is 2.79. The maximum Gasteiger partial charge on any atom is 0.271 e. The highest BCUT2D eigenvalue weighted by atomic mass is 35.5. The molecule has 0 unspecified atom stereocenters. The fraction of sp³-hybridized carbons (Fsp3) is 0. The van der Waals surface area contributed by atoms with Crippen LogP contribution in [0.5, 0.6) is 5.75 Å². The van der Waals surface area contributed by atoms with Crippen molar-refractivity contribution in [3.8, 4) is 5.75 Å². The van der Waals surface area contributed by atoms with Gasteiger partial charge in [-0.1, -0.05) is 46.4 Å². The highest BCUT2D eigenvalue weighted by molar-refractivity contribution is 6.49. The number of nitrogens with zero attached hydrogens (tertiary/aromatic N) is 1. The van der Waals surface area contributed by atoms with Crippen molar-refractivity contribution in [3.63, 3.8) is 0 Å². The fourth-order valence-electron chi connectivity index (χ4n) is 1.67. The minimum Gasteiger partial charge on any atom is -0.505 e. The lowest BCUT2D eigenvalue weighted by atomic mass is 10.1. The molecule has 120 valence electrons. The lowest BCUT2D eigenvalue weighted by molar-refractivity contribution is -0.384. The molecule has 0 radical (unpaired) electrons. The number of rotatable bonds is 3. The van der Waals surface area contributed by atoms with Gasteiger partial charge in [0.2, 0.25) is 0 Å². The number of hydrogen-bond donors (Lipinski definition) is 2. The molecular formula is C13H6Cl4N2O4. The Bertz CT molecular complexity index is 826. The lowest BCUT2D eigenvalue weighted by Gasteiger charge is -2.11. The Morgan fingerprint density at radius 2 is 1.74 bits per heavy atom. The molecule has 0 saturated carbocycles. The van der Waals surface area contributed by atoms with Crippen LogP contribution >= 0.6 is 46.4 Å². The fourth-order valence-corrected chi connectivity index (χ4v) is 2.49. The predicted molar refractivity (Wildman–Crippen MR) is 89.2 cm³/mol. The van der Waals surface area contributed by atoms with Gasteiger partial charge in [-0.15, -0.1) is 0 Å². The zero-order chi connectivity index (χ0) is 17.3. The van der Waals surface area contributed by atoms with Gasteiger partial charge in [-0.25, -0.2) is 0 Å². The number of non-ortho nitro benzene ring substituents is 1.